The zero-order chi connectivity index (χ0) is 21.0. The number of benzene rings is 2. The van der Waals surface area contributed by atoms with E-state index in [-0.39, 0.29) is 23.8 Å². The minimum atomic E-state index is -0.378. The first-order valence-corrected chi connectivity index (χ1v) is 9.64. The predicted octanol–water partition coefficient (Wildman–Crippen LogP) is 4.37. The van der Waals surface area contributed by atoms with E-state index in [1.807, 2.05) is 31.2 Å². The van der Waals surface area contributed by atoms with Crippen LogP contribution in [0.3, 0.4) is 0 Å². The number of halogens is 1. The summed E-state index contributed by atoms with van der Waals surface area (Å²) in [5, 5.41) is 2.81. The SMILES string of the molecule is CCc1cc(=O)n(CC(=O)Nc2ccc(C(C)C)cc2)c(-c2ccc(F)cc2)n1. The molecule has 0 saturated heterocycles. The van der Waals surface area contributed by atoms with Crippen molar-refractivity contribution < 1.29 is 9.18 Å². The highest BCUT2D eigenvalue weighted by atomic mass is 19.1. The molecule has 2 aromatic carbocycles. The van der Waals surface area contributed by atoms with Crippen LogP contribution in [-0.4, -0.2) is 15.5 Å². The lowest BCUT2D eigenvalue weighted by Gasteiger charge is -2.14. The van der Waals surface area contributed by atoms with Crippen LogP contribution < -0.4 is 10.9 Å². The molecule has 29 heavy (non-hydrogen) atoms. The molecule has 6 heteroatoms. The predicted molar refractivity (Wildman–Crippen MR) is 112 cm³/mol. The van der Waals surface area contributed by atoms with E-state index in [2.05, 4.69) is 24.1 Å². The molecule has 3 aromatic rings. The normalized spacial score (nSPS) is 10.9. The number of amides is 1. The molecular weight excluding hydrogens is 369 g/mol. The fourth-order valence-electron chi connectivity index (χ4n) is 3.00. The Hall–Kier alpha value is -3.28. The zero-order valence-electron chi connectivity index (χ0n) is 16.8. The van der Waals surface area contributed by atoms with Crippen molar-refractivity contribution in [2.75, 3.05) is 5.32 Å². The Morgan fingerprint density at radius 3 is 2.34 bits per heavy atom. The van der Waals surface area contributed by atoms with Crippen molar-refractivity contribution in [3.05, 3.63) is 82.0 Å². The molecule has 0 spiro atoms. The minimum absolute atomic E-state index is 0.186. The van der Waals surface area contributed by atoms with Crippen LogP contribution in [0.15, 0.2) is 59.4 Å². The molecule has 1 N–H and O–H groups in total. The average Bonchev–Trinajstić information content (AvgIpc) is 2.70. The maximum atomic E-state index is 13.3. The van der Waals surface area contributed by atoms with Gasteiger partial charge in [0.25, 0.3) is 5.56 Å². The number of rotatable bonds is 6. The van der Waals surface area contributed by atoms with Gasteiger partial charge in [0.1, 0.15) is 18.2 Å². The Kier molecular flexibility index (Phi) is 6.22. The lowest BCUT2D eigenvalue weighted by Crippen LogP contribution is -2.30. The molecule has 1 aromatic heterocycles. The highest BCUT2D eigenvalue weighted by Crippen LogP contribution is 2.19. The number of aromatic nitrogens is 2. The highest BCUT2D eigenvalue weighted by Gasteiger charge is 2.14. The Morgan fingerprint density at radius 1 is 1.10 bits per heavy atom. The average molecular weight is 393 g/mol. The number of hydrogen-bond acceptors (Lipinski definition) is 3. The van der Waals surface area contributed by atoms with E-state index in [0.29, 0.717) is 35.1 Å². The van der Waals surface area contributed by atoms with Gasteiger partial charge < -0.3 is 5.32 Å². The number of nitrogens with one attached hydrogen (secondary N) is 1. The molecule has 0 aliphatic heterocycles. The molecule has 1 amide bonds. The molecule has 0 radical (unpaired) electrons. The standard InChI is InChI=1S/C23H24FN3O2/c1-4-19-13-22(29)27(23(26-19)17-5-9-18(24)10-6-17)14-21(28)25-20-11-7-16(8-12-20)15(2)3/h5-13,15H,4,14H2,1-3H3,(H,25,28). The van der Waals surface area contributed by atoms with Crippen molar-refractivity contribution >= 4 is 11.6 Å². The molecule has 0 bridgehead atoms. The van der Waals surface area contributed by atoms with Crippen LogP contribution in [0.2, 0.25) is 0 Å². The largest absolute Gasteiger partial charge is 0.325 e. The van der Waals surface area contributed by atoms with Gasteiger partial charge in [-0.05, 0) is 54.3 Å². The van der Waals surface area contributed by atoms with Gasteiger partial charge in [0.15, 0.2) is 0 Å². The second-order valence-electron chi connectivity index (χ2n) is 7.18. The smallest absolute Gasteiger partial charge is 0.254 e. The Labute approximate surface area is 169 Å². The summed E-state index contributed by atoms with van der Waals surface area (Å²) < 4.78 is 14.6. The monoisotopic (exact) mass is 393 g/mol. The fourth-order valence-corrected chi connectivity index (χ4v) is 3.00. The van der Waals surface area contributed by atoms with Gasteiger partial charge in [-0.25, -0.2) is 9.37 Å². The molecular formula is C23H24FN3O2. The lowest BCUT2D eigenvalue weighted by molar-refractivity contribution is -0.116. The molecule has 0 aliphatic rings. The number of nitrogens with zero attached hydrogens (tertiary/aromatic N) is 2. The molecule has 0 atom stereocenters. The van der Waals surface area contributed by atoms with Gasteiger partial charge in [-0.1, -0.05) is 32.9 Å². The van der Waals surface area contributed by atoms with Crippen LogP contribution in [-0.2, 0) is 17.8 Å². The third-order valence-electron chi connectivity index (χ3n) is 4.69. The molecule has 1 heterocycles. The van der Waals surface area contributed by atoms with Crippen LogP contribution >= 0.6 is 0 Å². The number of carbonyl (C=O) groups is 1. The molecule has 0 aliphatic carbocycles. The summed E-state index contributed by atoms with van der Waals surface area (Å²) in [6.07, 6.45) is 0.582. The van der Waals surface area contributed by atoms with Crippen molar-refractivity contribution in [1.29, 1.82) is 0 Å². The highest BCUT2D eigenvalue weighted by molar-refractivity contribution is 5.90. The topological polar surface area (TPSA) is 64.0 Å². The molecule has 0 saturated carbocycles. The maximum absolute atomic E-state index is 13.3. The van der Waals surface area contributed by atoms with Gasteiger partial charge in [0, 0.05) is 23.0 Å². The van der Waals surface area contributed by atoms with Gasteiger partial charge in [-0.3, -0.25) is 14.2 Å². The van der Waals surface area contributed by atoms with Crippen LogP contribution in [0, 0.1) is 5.82 Å². The summed E-state index contributed by atoms with van der Waals surface area (Å²) in [6.45, 7) is 5.91. The lowest BCUT2D eigenvalue weighted by atomic mass is 10.0. The summed E-state index contributed by atoms with van der Waals surface area (Å²) >= 11 is 0. The van der Waals surface area contributed by atoms with E-state index in [9.17, 15) is 14.0 Å². The van der Waals surface area contributed by atoms with E-state index < -0.39 is 0 Å². The summed E-state index contributed by atoms with van der Waals surface area (Å²) in [5.41, 5.74) is 2.72. The van der Waals surface area contributed by atoms with Crippen LogP contribution in [0.25, 0.3) is 11.4 Å². The first kappa shape index (κ1) is 20.5. The number of carbonyl (C=O) groups excluding carboxylic acids is 1. The van der Waals surface area contributed by atoms with Crippen molar-refractivity contribution in [2.45, 2.75) is 39.7 Å². The zero-order valence-corrected chi connectivity index (χ0v) is 16.8. The van der Waals surface area contributed by atoms with E-state index >= 15 is 0 Å². The van der Waals surface area contributed by atoms with Crippen molar-refractivity contribution in [2.24, 2.45) is 0 Å². The number of aryl methyl sites for hydroxylation is 1. The van der Waals surface area contributed by atoms with Crippen LogP contribution in [0.5, 0.6) is 0 Å². The Morgan fingerprint density at radius 2 is 1.76 bits per heavy atom. The summed E-state index contributed by atoms with van der Waals surface area (Å²) in [7, 11) is 0. The quantitative estimate of drug-likeness (QED) is 0.676. The van der Waals surface area contributed by atoms with E-state index in [1.165, 1.54) is 28.3 Å². The molecule has 0 unspecified atom stereocenters. The Bertz CT molecular complexity index is 1050. The summed E-state index contributed by atoms with van der Waals surface area (Å²) in [6, 6.07) is 14.8. The molecule has 0 fully saturated rings. The molecule has 150 valence electrons. The van der Waals surface area contributed by atoms with Gasteiger partial charge in [-0.15, -0.1) is 0 Å². The maximum Gasteiger partial charge on any atom is 0.254 e. The molecule has 3 rings (SSSR count). The van der Waals surface area contributed by atoms with Crippen molar-refractivity contribution in [3.8, 4) is 11.4 Å². The summed E-state index contributed by atoms with van der Waals surface area (Å²) in [4.78, 5) is 29.7. The van der Waals surface area contributed by atoms with Crippen LogP contribution in [0.4, 0.5) is 10.1 Å². The minimum Gasteiger partial charge on any atom is -0.325 e. The third-order valence-corrected chi connectivity index (χ3v) is 4.69. The van der Waals surface area contributed by atoms with Gasteiger partial charge in [0.05, 0.1) is 0 Å². The first-order chi connectivity index (χ1) is 13.9. The van der Waals surface area contributed by atoms with Gasteiger partial charge in [0.2, 0.25) is 5.91 Å². The third kappa shape index (κ3) is 4.96. The van der Waals surface area contributed by atoms with Crippen LogP contribution in [0.1, 0.15) is 37.9 Å². The van der Waals surface area contributed by atoms with Gasteiger partial charge >= 0.3 is 0 Å². The second-order valence-corrected chi connectivity index (χ2v) is 7.18. The van der Waals surface area contributed by atoms with Gasteiger partial charge in [-0.2, -0.15) is 0 Å². The van der Waals surface area contributed by atoms with Crippen molar-refractivity contribution in [3.63, 3.8) is 0 Å². The van der Waals surface area contributed by atoms with E-state index in [4.69, 9.17) is 0 Å². The molecule has 5 nitrogen and oxygen atoms in total. The summed E-state index contributed by atoms with van der Waals surface area (Å²) in [5.74, 6) is 0.0371. The number of anilines is 1. The first-order valence-electron chi connectivity index (χ1n) is 9.64. The van der Waals surface area contributed by atoms with E-state index in [1.54, 1.807) is 12.1 Å². The fraction of sp³-hybridized carbons (Fsp3) is 0.261. The van der Waals surface area contributed by atoms with Crippen molar-refractivity contribution in [1.82, 2.24) is 9.55 Å². The second kappa shape index (κ2) is 8.82. The van der Waals surface area contributed by atoms with E-state index in [0.717, 1.165) is 0 Å². The Balaban J connectivity index is 1.88. The number of hydrogen-bond donors (Lipinski definition) is 1.